The van der Waals surface area contributed by atoms with E-state index in [4.69, 9.17) is 17.3 Å². The Hall–Kier alpha value is -1.43. The van der Waals surface area contributed by atoms with Crippen LogP contribution < -0.4 is 11.1 Å². The quantitative estimate of drug-likeness (QED) is 0.892. The Kier molecular flexibility index (Phi) is 5.11. The van der Waals surface area contributed by atoms with Crippen molar-refractivity contribution in [1.82, 2.24) is 10.3 Å². The molecule has 2 rings (SSSR count). The van der Waals surface area contributed by atoms with Gasteiger partial charge < -0.3 is 11.1 Å². The van der Waals surface area contributed by atoms with Crippen LogP contribution in [0.1, 0.15) is 34.0 Å². The summed E-state index contributed by atoms with van der Waals surface area (Å²) in [6, 6.07) is 7.44. The monoisotopic (exact) mass is 309 g/mol. The van der Waals surface area contributed by atoms with Crippen LogP contribution in [-0.2, 0) is 6.42 Å². The van der Waals surface area contributed by atoms with Gasteiger partial charge in [-0.05, 0) is 31.0 Å². The first-order chi connectivity index (χ1) is 9.56. The third kappa shape index (κ3) is 4.03. The Morgan fingerprint density at radius 2 is 2.15 bits per heavy atom. The number of rotatable bonds is 5. The number of benzene rings is 1. The number of hydrogen-bond donors (Lipinski definition) is 2. The Balaban J connectivity index is 1.84. The SMILES string of the molecule is CC(N)c1nc(C(=O)NCCc2ccc(Cl)cc2)cs1. The Morgan fingerprint density at radius 3 is 2.75 bits per heavy atom. The van der Waals surface area contributed by atoms with Gasteiger partial charge in [-0.3, -0.25) is 4.79 Å². The number of amides is 1. The Morgan fingerprint density at radius 1 is 1.45 bits per heavy atom. The topological polar surface area (TPSA) is 68.0 Å². The summed E-state index contributed by atoms with van der Waals surface area (Å²) in [4.78, 5) is 16.1. The summed E-state index contributed by atoms with van der Waals surface area (Å²) in [5.74, 6) is -0.165. The molecular formula is C14H16ClN3OS. The van der Waals surface area contributed by atoms with Crippen LogP contribution >= 0.6 is 22.9 Å². The summed E-state index contributed by atoms with van der Waals surface area (Å²) in [6.45, 7) is 2.41. The molecule has 0 saturated carbocycles. The van der Waals surface area contributed by atoms with E-state index >= 15 is 0 Å². The van der Waals surface area contributed by atoms with Gasteiger partial charge in [0, 0.05) is 16.9 Å². The molecule has 0 aliphatic rings. The number of carbonyl (C=O) groups excluding carboxylic acids is 1. The molecule has 1 atom stereocenters. The number of carbonyl (C=O) groups is 1. The lowest BCUT2D eigenvalue weighted by Crippen LogP contribution is -2.26. The van der Waals surface area contributed by atoms with Crippen molar-refractivity contribution >= 4 is 28.8 Å². The van der Waals surface area contributed by atoms with Gasteiger partial charge in [-0.2, -0.15) is 0 Å². The van der Waals surface area contributed by atoms with Gasteiger partial charge in [0.25, 0.3) is 5.91 Å². The number of aromatic nitrogens is 1. The van der Waals surface area contributed by atoms with Crippen LogP contribution in [-0.4, -0.2) is 17.4 Å². The molecule has 4 nitrogen and oxygen atoms in total. The maximum atomic E-state index is 11.9. The third-order valence-electron chi connectivity index (χ3n) is 2.76. The molecule has 2 aromatic rings. The van der Waals surface area contributed by atoms with E-state index < -0.39 is 0 Å². The first-order valence-corrected chi connectivity index (χ1v) is 7.55. The van der Waals surface area contributed by atoms with Crippen LogP contribution in [0.25, 0.3) is 0 Å². The molecule has 3 N–H and O–H groups in total. The van der Waals surface area contributed by atoms with E-state index in [2.05, 4.69) is 10.3 Å². The molecular weight excluding hydrogens is 294 g/mol. The molecule has 6 heteroatoms. The fourth-order valence-electron chi connectivity index (χ4n) is 1.66. The van der Waals surface area contributed by atoms with E-state index in [1.807, 2.05) is 31.2 Å². The zero-order valence-electron chi connectivity index (χ0n) is 11.1. The molecule has 1 aromatic carbocycles. The first-order valence-electron chi connectivity index (χ1n) is 6.30. The highest BCUT2D eigenvalue weighted by Gasteiger charge is 2.12. The van der Waals surface area contributed by atoms with Crippen LogP contribution in [0.2, 0.25) is 5.02 Å². The molecule has 1 amide bonds. The smallest absolute Gasteiger partial charge is 0.270 e. The molecule has 0 radical (unpaired) electrons. The van der Waals surface area contributed by atoms with Gasteiger partial charge in [-0.15, -0.1) is 11.3 Å². The fourth-order valence-corrected chi connectivity index (χ4v) is 2.55. The van der Waals surface area contributed by atoms with Gasteiger partial charge in [-0.1, -0.05) is 23.7 Å². The largest absolute Gasteiger partial charge is 0.350 e. The second-order valence-corrected chi connectivity index (χ2v) is 5.82. The molecule has 106 valence electrons. The fraction of sp³-hybridized carbons (Fsp3) is 0.286. The maximum absolute atomic E-state index is 11.9. The molecule has 0 aliphatic heterocycles. The molecule has 1 heterocycles. The summed E-state index contributed by atoms with van der Waals surface area (Å²) < 4.78 is 0. The molecule has 0 spiro atoms. The van der Waals surface area contributed by atoms with Crippen molar-refractivity contribution in [3.05, 3.63) is 50.9 Å². The summed E-state index contributed by atoms with van der Waals surface area (Å²) in [7, 11) is 0. The van der Waals surface area contributed by atoms with Crippen LogP contribution in [0.15, 0.2) is 29.6 Å². The zero-order valence-corrected chi connectivity index (χ0v) is 12.7. The van der Waals surface area contributed by atoms with Gasteiger partial charge in [-0.25, -0.2) is 4.98 Å². The lowest BCUT2D eigenvalue weighted by atomic mass is 10.1. The average Bonchev–Trinajstić information content (AvgIpc) is 2.91. The first kappa shape index (κ1) is 15.0. The lowest BCUT2D eigenvalue weighted by molar-refractivity contribution is 0.0949. The van der Waals surface area contributed by atoms with Crippen molar-refractivity contribution in [2.75, 3.05) is 6.54 Å². The van der Waals surface area contributed by atoms with Crippen molar-refractivity contribution in [2.45, 2.75) is 19.4 Å². The highest BCUT2D eigenvalue weighted by molar-refractivity contribution is 7.09. The summed E-state index contributed by atoms with van der Waals surface area (Å²) in [5, 5.41) is 6.06. The normalized spacial score (nSPS) is 12.2. The molecule has 0 saturated heterocycles. The molecule has 1 aromatic heterocycles. The lowest BCUT2D eigenvalue weighted by Gasteiger charge is -2.04. The van der Waals surface area contributed by atoms with Crippen LogP contribution in [0.3, 0.4) is 0 Å². The van der Waals surface area contributed by atoms with Gasteiger partial charge in [0.05, 0.1) is 6.04 Å². The van der Waals surface area contributed by atoms with E-state index in [0.717, 1.165) is 17.0 Å². The van der Waals surface area contributed by atoms with E-state index in [1.54, 1.807) is 5.38 Å². The predicted molar refractivity (Wildman–Crippen MR) is 82.2 cm³/mol. The summed E-state index contributed by atoms with van der Waals surface area (Å²) in [6.07, 6.45) is 0.757. The van der Waals surface area contributed by atoms with Crippen LogP contribution in [0.5, 0.6) is 0 Å². The van der Waals surface area contributed by atoms with Gasteiger partial charge in [0.1, 0.15) is 10.7 Å². The number of halogens is 1. The number of nitrogens with two attached hydrogens (primary N) is 1. The maximum Gasteiger partial charge on any atom is 0.270 e. The number of hydrogen-bond acceptors (Lipinski definition) is 4. The van der Waals surface area contributed by atoms with E-state index in [9.17, 15) is 4.79 Å². The molecule has 0 fully saturated rings. The number of nitrogens with zero attached hydrogens (tertiary/aromatic N) is 1. The zero-order chi connectivity index (χ0) is 14.5. The van der Waals surface area contributed by atoms with Crippen molar-refractivity contribution < 1.29 is 4.79 Å². The van der Waals surface area contributed by atoms with Crippen molar-refractivity contribution in [2.24, 2.45) is 5.73 Å². The molecule has 20 heavy (non-hydrogen) atoms. The summed E-state index contributed by atoms with van der Waals surface area (Å²) in [5.41, 5.74) is 7.28. The second-order valence-electron chi connectivity index (χ2n) is 4.49. The molecule has 1 unspecified atom stereocenters. The van der Waals surface area contributed by atoms with E-state index in [-0.39, 0.29) is 11.9 Å². The van der Waals surface area contributed by atoms with Crippen molar-refractivity contribution in [1.29, 1.82) is 0 Å². The minimum absolute atomic E-state index is 0.143. The van der Waals surface area contributed by atoms with Gasteiger partial charge in [0.2, 0.25) is 0 Å². The van der Waals surface area contributed by atoms with Gasteiger partial charge >= 0.3 is 0 Å². The standard InChI is InChI=1S/C14H16ClN3OS/c1-9(16)14-18-12(8-20-14)13(19)17-7-6-10-2-4-11(15)5-3-10/h2-5,8-9H,6-7,16H2,1H3,(H,17,19). The van der Waals surface area contributed by atoms with E-state index in [1.165, 1.54) is 11.3 Å². The Labute approximate surface area is 127 Å². The molecule has 0 bridgehead atoms. The Bertz CT molecular complexity index is 580. The number of nitrogens with one attached hydrogen (secondary N) is 1. The van der Waals surface area contributed by atoms with E-state index in [0.29, 0.717) is 17.3 Å². The minimum Gasteiger partial charge on any atom is -0.350 e. The summed E-state index contributed by atoms with van der Waals surface area (Å²) >= 11 is 7.22. The average molecular weight is 310 g/mol. The minimum atomic E-state index is -0.165. The predicted octanol–water partition coefficient (Wildman–Crippen LogP) is 2.79. The molecule has 0 aliphatic carbocycles. The third-order valence-corrected chi connectivity index (χ3v) is 4.05. The van der Waals surface area contributed by atoms with Crippen molar-refractivity contribution in [3.8, 4) is 0 Å². The highest BCUT2D eigenvalue weighted by atomic mass is 35.5. The van der Waals surface area contributed by atoms with Gasteiger partial charge in [0.15, 0.2) is 0 Å². The van der Waals surface area contributed by atoms with Crippen LogP contribution in [0.4, 0.5) is 0 Å². The highest BCUT2D eigenvalue weighted by Crippen LogP contribution is 2.15. The number of thiazole rings is 1. The van der Waals surface area contributed by atoms with Crippen LogP contribution in [0, 0.1) is 0 Å². The second kappa shape index (κ2) is 6.83. The van der Waals surface area contributed by atoms with Crippen molar-refractivity contribution in [3.63, 3.8) is 0 Å².